The number of nitrogens with one attached hydrogen (secondary N) is 1. The number of hydrogen-bond donors (Lipinski definition) is 1. The predicted molar refractivity (Wildman–Crippen MR) is 57.2 cm³/mol. The van der Waals surface area contributed by atoms with Gasteiger partial charge in [0.1, 0.15) is 5.72 Å². The molecule has 14 heavy (non-hydrogen) atoms. The van der Waals surface area contributed by atoms with E-state index in [1.165, 1.54) is 11.1 Å². The quantitative estimate of drug-likeness (QED) is 0.770. The molecule has 1 saturated heterocycles. The van der Waals surface area contributed by atoms with Gasteiger partial charge < -0.3 is 4.74 Å². The van der Waals surface area contributed by atoms with Gasteiger partial charge in [-0.25, -0.2) is 0 Å². The SMILES string of the molecule is Cc1cccc(CC2(C)NCCO2)c1. The molecule has 2 nitrogen and oxygen atoms in total. The largest absolute Gasteiger partial charge is 0.359 e. The Balaban J connectivity index is 2.10. The van der Waals surface area contributed by atoms with E-state index in [2.05, 4.69) is 43.4 Å². The van der Waals surface area contributed by atoms with Gasteiger partial charge in [0.2, 0.25) is 0 Å². The van der Waals surface area contributed by atoms with E-state index in [1.54, 1.807) is 0 Å². The lowest BCUT2D eigenvalue weighted by Crippen LogP contribution is -2.39. The van der Waals surface area contributed by atoms with E-state index in [0.29, 0.717) is 0 Å². The minimum Gasteiger partial charge on any atom is -0.359 e. The monoisotopic (exact) mass is 191 g/mol. The Morgan fingerprint density at radius 1 is 1.50 bits per heavy atom. The number of aryl methyl sites for hydroxylation is 1. The van der Waals surface area contributed by atoms with Crippen molar-refractivity contribution in [3.63, 3.8) is 0 Å². The molecule has 1 aliphatic heterocycles. The van der Waals surface area contributed by atoms with E-state index in [0.717, 1.165) is 19.6 Å². The Morgan fingerprint density at radius 3 is 3.00 bits per heavy atom. The summed E-state index contributed by atoms with van der Waals surface area (Å²) < 4.78 is 5.67. The third kappa shape index (κ3) is 2.14. The van der Waals surface area contributed by atoms with Gasteiger partial charge in [-0.15, -0.1) is 0 Å². The molecule has 0 saturated carbocycles. The van der Waals surface area contributed by atoms with Gasteiger partial charge in [0, 0.05) is 13.0 Å². The lowest BCUT2D eigenvalue weighted by Gasteiger charge is -2.23. The maximum Gasteiger partial charge on any atom is 0.120 e. The van der Waals surface area contributed by atoms with Crippen LogP contribution in [0.3, 0.4) is 0 Å². The smallest absolute Gasteiger partial charge is 0.120 e. The molecule has 1 N–H and O–H groups in total. The normalized spacial score (nSPS) is 26.7. The fourth-order valence-corrected chi connectivity index (χ4v) is 1.97. The van der Waals surface area contributed by atoms with Crippen LogP contribution in [0.2, 0.25) is 0 Å². The Kier molecular flexibility index (Phi) is 2.57. The lowest BCUT2D eigenvalue weighted by molar-refractivity contribution is 0.00702. The van der Waals surface area contributed by atoms with Crippen LogP contribution in [0.25, 0.3) is 0 Å². The van der Waals surface area contributed by atoms with Gasteiger partial charge in [0.25, 0.3) is 0 Å². The van der Waals surface area contributed by atoms with E-state index < -0.39 is 0 Å². The maximum atomic E-state index is 5.67. The number of hydrogen-bond acceptors (Lipinski definition) is 2. The zero-order valence-electron chi connectivity index (χ0n) is 8.84. The first-order chi connectivity index (χ1) is 6.68. The molecule has 0 spiro atoms. The van der Waals surface area contributed by atoms with Crippen molar-refractivity contribution in [3.8, 4) is 0 Å². The van der Waals surface area contributed by atoms with Crippen molar-refractivity contribution < 1.29 is 4.74 Å². The summed E-state index contributed by atoms with van der Waals surface area (Å²) in [5, 5.41) is 3.38. The fourth-order valence-electron chi connectivity index (χ4n) is 1.97. The van der Waals surface area contributed by atoms with Crippen molar-refractivity contribution in [3.05, 3.63) is 35.4 Å². The highest BCUT2D eigenvalue weighted by Crippen LogP contribution is 2.18. The Labute approximate surface area is 85.3 Å². The van der Waals surface area contributed by atoms with Crippen LogP contribution in [0.1, 0.15) is 18.1 Å². The van der Waals surface area contributed by atoms with Crippen LogP contribution in [0.4, 0.5) is 0 Å². The number of benzene rings is 1. The fraction of sp³-hybridized carbons (Fsp3) is 0.500. The van der Waals surface area contributed by atoms with Crippen LogP contribution in [0, 0.1) is 6.92 Å². The van der Waals surface area contributed by atoms with Gasteiger partial charge in [-0.2, -0.15) is 0 Å². The molecule has 1 aromatic rings. The van der Waals surface area contributed by atoms with Crippen molar-refractivity contribution in [1.29, 1.82) is 0 Å². The molecular formula is C12H17NO. The second-order valence-electron chi connectivity index (χ2n) is 4.17. The minimum atomic E-state index is -0.159. The molecule has 0 aliphatic carbocycles. The molecule has 0 bridgehead atoms. The molecule has 2 rings (SSSR count). The maximum absolute atomic E-state index is 5.67. The van der Waals surface area contributed by atoms with Crippen molar-refractivity contribution in [2.24, 2.45) is 0 Å². The third-order valence-electron chi connectivity index (χ3n) is 2.65. The summed E-state index contributed by atoms with van der Waals surface area (Å²) in [5.41, 5.74) is 2.49. The van der Waals surface area contributed by atoms with E-state index >= 15 is 0 Å². The second kappa shape index (κ2) is 3.71. The summed E-state index contributed by atoms with van der Waals surface area (Å²) in [6.07, 6.45) is 0.939. The lowest BCUT2D eigenvalue weighted by atomic mass is 10.0. The van der Waals surface area contributed by atoms with Crippen LogP contribution in [0.5, 0.6) is 0 Å². The highest BCUT2D eigenvalue weighted by Gasteiger charge is 2.28. The van der Waals surface area contributed by atoms with E-state index in [9.17, 15) is 0 Å². The van der Waals surface area contributed by atoms with Gasteiger partial charge in [-0.1, -0.05) is 29.8 Å². The Morgan fingerprint density at radius 2 is 2.36 bits per heavy atom. The van der Waals surface area contributed by atoms with Crippen LogP contribution >= 0.6 is 0 Å². The molecule has 1 heterocycles. The van der Waals surface area contributed by atoms with Gasteiger partial charge in [-0.05, 0) is 19.4 Å². The van der Waals surface area contributed by atoms with E-state index in [1.807, 2.05) is 0 Å². The van der Waals surface area contributed by atoms with Crippen LogP contribution < -0.4 is 5.32 Å². The van der Waals surface area contributed by atoms with E-state index in [4.69, 9.17) is 4.74 Å². The molecule has 76 valence electrons. The Hall–Kier alpha value is -0.860. The molecule has 0 amide bonds. The zero-order valence-corrected chi connectivity index (χ0v) is 8.84. The summed E-state index contributed by atoms with van der Waals surface area (Å²) in [6.45, 7) is 6.02. The van der Waals surface area contributed by atoms with Crippen LogP contribution in [-0.2, 0) is 11.2 Å². The Bertz CT molecular complexity index is 316. The summed E-state index contributed by atoms with van der Waals surface area (Å²) in [4.78, 5) is 0. The van der Waals surface area contributed by atoms with Gasteiger partial charge in [0.15, 0.2) is 0 Å². The van der Waals surface area contributed by atoms with Crippen molar-refractivity contribution in [2.45, 2.75) is 26.0 Å². The first kappa shape index (κ1) is 9.69. The molecular weight excluding hydrogens is 174 g/mol. The zero-order chi connectivity index (χ0) is 10.0. The molecule has 0 radical (unpaired) electrons. The minimum absolute atomic E-state index is 0.159. The first-order valence-electron chi connectivity index (χ1n) is 5.12. The molecule has 2 heteroatoms. The topological polar surface area (TPSA) is 21.3 Å². The highest BCUT2D eigenvalue weighted by atomic mass is 16.5. The number of ether oxygens (including phenoxy) is 1. The molecule has 1 atom stereocenters. The summed E-state index contributed by atoms with van der Waals surface area (Å²) in [5.74, 6) is 0. The van der Waals surface area contributed by atoms with Crippen molar-refractivity contribution in [1.82, 2.24) is 5.32 Å². The van der Waals surface area contributed by atoms with Gasteiger partial charge in [0.05, 0.1) is 6.61 Å². The molecule has 0 aromatic heterocycles. The average molecular weight is 191 g/mol. The third-order valence-corrected chi connectivity index (χ3v) is 2.65. The summed E-state index contributed by atoms with van der Waals surface area (Å²) >= 11 is 0. The molecule has 1 unspecified atom stereocenters. The first-order valence-corrected chi connectivity index (χ1v) is 5.12. The second-order valence-corrected chi connectivity index (χ2v) is 4.17. The predicted octanol–water partition coefficient (Wildman–Crippen LogP) is 1.87. The summed E-state index contributed by atoms with van der Waals surface area (Å²) in [6, 6.07) is 8.59. The molecule has 1 fully saturated rings. The van der Waals surface area contributed by atoms with Crippen LogP contribution in [0.15, 0.2) is 24.3 Å². The average Bonchev–Trinajstić information content (AvgIpc) is 2.51. The molecule has 1 aromatic carbocycles. The number of rotatable bonds is 2. The van der Waals surface area contributed by atoms with E-state index in [-0.39, 0.29) is 5.72 Å². The van der Waals surface area contributed by atoms with Crippen molar-refractivity contribution in [2.75, 3.05) is 13.2 Å². The van der Waals surface area contributed by atoms with Crippen LogP contribution in [-0.4, -0.2) is 18.9 Å². The summed E-state index contributed by atoms with van der Waals surface area (Å²) in [7, 11) is 0. The van der Waals surface area contributed by atoms with Crippen molar-refractivity contribution >= 4 is 0 Å². The molecule has 1 aliphatic rings. The standard InChI is InChI=1S/C12H17NO/c1-10-4-3-5-11(8-10)9-12(2)13-6-7-14-12/h3-5,8,13H,6-7,9H2,1-2H3. The van der Waals surface area contributed by atoms with Gasteiger partial charge >= 0.3 is 0 Å². The van der Waals surface area contributed by atoms with Gasteiger partial charge in [-0.3, -0.25) is 5.32 Å². The highest BCUT2D eigenvalue weighted by molar-refractivity contribution is 5.23.